The lowest BCUT2D eigenvalue weighted by Gasteiger charge is -2.28. The third-order valence-electron chi connectivity index (χ3n) is 1.83. The van der Waals surface area contributed by atoms with E-state index in [4.69, 9.17) is 9.47 Å². The molecule has 0 saturated carbocycles. The standard InChI is InChI=1S/C11H23O2/c1-7-10(8-9(2)12-6)13-11(3,4)5/h9-10H,2,7-8H2,1,3-6H3. The molecular weight excluding hydrogens is 164 g/mol. The first-order valence-electron chi connectivity index (χ1n) is 4.92. The van der Waals surface area contributed by atoms with Gasteiger partial charge in [-0.15, -0.1) is 0 Å². The Kier molecular flexibility index (Phi) is 5.57. The monoisotopic (exact) mass is 187 g/mol. The highest BCUT2D eigenvalue weighted by molar-refractivity contribution is 4.70. The summed E-state index contributed by atoms with van der Waals surface area (Å²) in [5, 5.41) is 0. The zero-order chi connectivity index (χ0) is 10.5. The third-order valence-corrected chi connectivity index (χ3v) is 1.83. The fourth-order valence-corrected chi connectivity index (χ4v) is 1.19. The van der Waals surface area contributed by atoms with E-state index in [-0.39, 0.29) is 17.8 Å². The van der Waals surface area contributed by atoms with Gasteiger partial charge in [0.2, 0.25) is 0 Å². The van der Waals surface area contributed by atoms with Gasteiger partial charge in [-0.3, -0.25) is 0 Å². The smallest absolute Gasteiger partial charge is 0.0604 e. The second kappa shape index (κ2) is 5.61. The Balaban J connectivity index is 3.89. The molecular formula is C11H23O2. The van der Waals surface area contributed by atoms with Gasteiger partial charge < -0.3 is 9.47 Å². The molecule has 0 rings (SSSR count). The van der Waals surface area contributed by atoms with Crippen LogP contribution in [0.25, 0.3) is 0 Å². The largest absolute Gasteiger partial charge is 0.381 e. The molecule has 0 N–H and O–H groups in total. The molecule has 0 aliphatic carbocycles. The van der Waals surface area contributed by atoms with Crippen molar-refractivity contribution in [1.82, 2.24) is 0 Å². The van der Waals surface area contributed by atoms with Crippen LogP contribution >= 0.6 is 0 Å². The van der Waals surface area contributed by atoms with Gasteiger partial charge >= 0.3 is 0 Å². The zero-order valence-electron chi connectivity index (χ0n) is 9.59. The molecule has 79 valence electrons. The van der Waals surface area contributed by atoms with Crippen molar-refractivity contribution in [3.63, 3.8) is 0 Å². The normalized spacial score (nSPS) is 17.1. The molecule has 0 fully saturated rings. The fourth-order valence-electron chi connectivity index (χ4n) is 1.19. The number of methoxy groups -OCH3 is 1. The van der Waals surface area contributed by atoms with E-state index in [2.05, 4.69) is 34.6 Å². The van der Waals surface area contributed by atoms with Crippen LogP contribution in [0.2, 0.25) is 0 Å². The summed E-state index contributed by atoms with van der Waals surface area (Å²) in [7, 11) is 1.68. The first-order chi connectivity index (χ1) is 5.89. The Morgan fingerprint density at radius 3 is 2.15 bits per heavy atom. The predicted molar refractivity (Wildman–Crippen MR) is 55.7 cm³/mol. The number of ether oxygens (including phenoxy) is 2. The second-order valence-corrected chi connectivity index (χ2v) is 4.35. The Hall–Kier alpha value is -0.0800. The highest BCUT2D eigenvalue weighted by Gasteiger charge is 2.19. The SMILES string of the molecule is [CH2]C(CC(CC)OC(C)(C)C)OC. The summed E-state index contributed by atoms with van der Waals surface area (Å²) < 4.78 is 10.9. The van der Waals surface area contributed by atoms with Crippen LogP contribution in [0.5, 0.6) is 0 Å². The molecule has 0 amide bonds. The predicted octanol–water partition coefficient (Wildman–Crippen LogP) is 2.82. The molecule has 0 heterocycles. The van der Waals surface area contributed by atoms with Gasteiger partial charge in [0, 0.05) is 7.11 Å². The molecule has 0 aromatic rings. The van der Waals surface area contributed by atoms with Gasteiger partial charge in [0.05, 0.1) is 17.8 Å². The van der Waals surface area contributed by atoms with E-state index in [1.54, 1.807) is 7.11 Å². The van der Waals surface area contributed by atoms with Crippen LogP contribution in [0.1, 0.15) is 40.5 Å². The molecule has 0 aliphatic rings. The molecule has 2 heteroatoms. The van der Waals surface area contributed by atoms with Crippen LogP contribution < -0.4 is 0 Å². The van der Waals surface area contributed by atoms with Crippen LogP contribution in [0.3, 0.4) is 0 Å². The minimum Gasteiger partial charge on any atom is -0.381 e. The van der Waals surface area contributed by atoms with Crippen LogP contribution in [0, 0.1) is 6.92 Å². The number of rotatable bonds is 5. The lowest BCUT2D eigenvalue weighted by atomic mass is 10.1. The van der Waals surface area contributed by atoms with Crippen LogP contribution in [-0.2, 0) is 9.47 Å². The molecule has 2 unspecified atom stereocenters. The average molecular weight is 187 g/mol. The zero-order valence-corrected chi connectivity index (χ0v) is 9.59. The van der Waals surface area contributed by atoms with Crippen molar-refractivity contribution in [2.75, 3.05) is 7.11 Å². The molecule has 0 aromatic carbocycles. The lowest BCUT2D eigenvalue weighted by Crippen LogP contribution is -2.29. The molecule has 2 atom stereocenters. The van der Waals surface area contributed by atoms with Crippen molar-refractivity contribution in [3.05, 3.63) is 6.92 Å². The van der Waals surface area contributed by atoms with Crippen molar-refractivity contribution in [2.45, 2.75) is 58.3 Å². The summed E-state index contributed by atoms with van der Waals surface area (Å²) in [6.45, 7) is 12.2. The van der Waals surface area contributed by atoms with Crippen LogP contribution in [0.15, 0.2) is 0 Å². The van der Waals surface area contributed by atoms with Crippen molar-refractivity contribution in [2.24, 2.45) is 0 Å². The molecule has 2 nitrogen and oxygen atoms in total. The highest BCUT2D eigenvalue weighted by atomic mass is 16.5. The number of hydrogen-bond donors (Lipinski definition) is 0. The number of hydrogen-bond acceptors (Lipinski definition) is 2. The van der Waals surface area contributed by atoms with E-state index in [1.165, 1.54) is 0 Å². The Morgan fingerprint density at radius 2 is 1.85 bits per heavy atom. The second-order valence-electron chi connectivity index (χ2n) is 4.35. The Morgan fingerprint density at radius 1 is 1.31 bits per heavy atom. The van der Waals surface area contributed by atoms with Gasteiger partial charge in [0.25, 0.3) is 0 Å². The van der Waals surface area contributed by atoms with Crippen LogP contribution in [0.4, 0.5) is 0 Å². The van der Waals surface area contributed by atoms with E-state index >= 15 is 0 Å². The summed E-state index contributed by atoms with van der Waals surface area (Å²) in [6.07, 6.45) is 2.16. The maximum atomic E-state index is 5.84. The highest BCUT2D eigenvalue weighted by Crippen LogP contribution is 2.17. The summed E-state index contributed by atoms with van der Waals surface area (Å²) in [5.41, 5.74) is -0.0753. The summed E-state index contributed by atoms with van der Waals surface area (Å²) in [4.78, 5) is 0. The first-order valence-corrected chi connectivity index (χ1v) is 4.92. The Bertz CT molecular complexity index is 127. The van der Waals surface area contributed by atoms with Gasteiger partial charge in [-0.25, -0.2) is 0 Å². The topological polar surface area (TPSA) is 18.5 Å². The van der Waals surface area contributed by atoms with Crippen molar-refractivity contribution in [1.29, 1.82) is 0 Å². The Labute approximate surface area is 82.6 Å². The first kappa shape index (κ1) is 12.9. The molecule has 0 aliphatic heterocycles. The molecule has 0 saturated heterocycles. The molecule has 13 heavy (non-hydrogen) atoms. The molecule has 0 aromatic heterocycles. The maximum absolute atomic E-state index is 5.84. The fraction of sp³-hybridized carbons (Fsp3) is 0.909. The minimum absolute atomic E-state index is 0.0345. The van der Waals surface area contributed by atoms with Gasteiger partial charge in [0.15, 0.2) is 0 Å². The maximum Gasteiger partial charge on any atom is 0.0604 e. The summed E-state index contributed by atoms with van der Waals surface area (Å²) in [5.74, 6) is 0. The van der Waals surface area contributed by atoms with E-state index < -0.39 is 0 Å². The van der Waals surface area contributed by atoms with Crippen molar-refractivity contribution < 1.29 is 9.47 Å². The van der Waals surface area contributed by atoms with Crippen molar-refractivity contribution >= 4 is 0 Å². The minimum atomic E-state index is -0.0753. The quantitative estimate of drug-likeness (QED) is 0.659. The molecule has 1 radical (unpaired) electrons. The van der Waals surface area contributed by atoms with E-state index in [0.717, 1.165) is 12.8 Å². The van der Waals surface area contributed by atoms with E-state index in [0.29, 0.717) is 0 Å². The third kappa shape index (κ3) is 7.03. The van der Waals surface area contributed by atoms with Gasteiger partial charge in [-0.05, 0) is 40.5 Å². The van der Waals surface area contributed by atoms with E-state index in [1.807, 2.05) is 0 Å². The van der Waals surface area contributed by atoms with Gasteiger partial charge in [0.1, 0.15) is 0 Å². The summed E-state index contributed by atoms with van der Waals surface area (Å²) >= 11 is 0. The van der Waals surface area contributed by atoms with Gasteiger partial charge in [-0.1, -0.05) is 6.92 Å². The molecule has 0 spiro atoms. The van der Waals surface area contributed by atoms with E-state index in [9.17, 15) is 0 Å². The lowest BCUT2D eigenvalue weighted by molar-refractivity contribution is -0.0770. The van der Waals surface area contributed by atoms with Gasteiger partial charge in [-0.2, -0.15) is 0 Å². The average Bonchev–Trinajstić information content (AvgIpc) is 2.00. The molecule has 0 bridgehead atoms. The van der Waals surface area contributed by atoms with Crippen LogP contribution in [-0.4, -0.2) is 24.9 Å². The summed E-state index contributed by atoms with van der Waals surface area (Å²) in [6, 6.07) is 0. The van der Waals surface area contributed by atoms with Crippen molar-refractivity contribution in [3.8, 4) is 0 Å².